The van der Waals surface area contributed by atoms with Crippen LogP contribution in [0.5, 0.6) is 5.75 Å². The second-order valence-corrected chi connectivity index (χ2v) is 4.60. The molecule has 2 rings (SSSR count). The van der Waals surface area contributed by atoms with E-state index in [1.54, 1.807) is 11.4 Å². The van der Waals surface area contributed by atoms with E-state index in [4.69, 9.17) is 9.84 Å². The van der Waals surface area contributed by atoms with E-state index in [2.05, 4.69) is 11.8 Å². The number of halogens is 2. The molecule has 0 bridgehead atoms. The fourth-order valence-electron chi connectivity index (χ4n) is 1.43. The monoisotopic (exact) mass is 280 g/mol. The Morgan fingerprint density at radius 2 is 2.00 bits per heavy atom. The third-order valence-electron chi connectivity index (χ3n) is 2.24. The van der Waals surface area contributed by atoms with Crippen LogP contribution in [0.1, 0.15) is 10.4 Å². The Balaban J connectivity index is 2.04. The van der Waals surface area contributed by atoms with Gasteiger partial charge in [0, 0.05) is 15.8 Å². The van der Waals surface area contributed by atoms with Crippen molar-refractivity contribution < 1.29 is 18.6 Å². The summed E-state index contributed by atoms with van der Waals surface area (Å²) in [4.78, 5) is 0.796. The van der Waals surface area contributed by atoms with Gasteiger partial charge in [0.25, 0.3) is 0 Å². The fourth-order valence-corrected chi connectivity index (χ4v) is 2.15. The lowest BCUT2D eigenvalue weighted by Gasteiger charge is -2.06. The molecule has 1 aromatic carbocycles. The maximum Gasteiger partial charge on any atom is 0.191 e. The molecule has 1 heterocycles. The zero-order chi connectivity index (χ0) is 13.7. The number of hydrogen-bond acceptors (Lipinski definition) is 3. The summed E-state index contributed by atoms with van der Waals surface area (Å²) in [6.45, 7) is -0.133. The molecule has 0 saturated carbocycles. The summed E-state index contributed by atoms with van der Waals surface area (Å²) in [5.41, 5.74) is 0.742. The van der Waals surface area contributed by atoms with E-state index in [1.165, 1.54) is 17.4 Å². The first-order valence-electron chi connectivity index (χ1n) is 5.44. The Kier molecular flexibility index (Phi) is 4.50. The predicted molar refractivity (Wildman–Crippen MR) is 69.0 cm³/mol. The summed E-state index contributed by atoms with van der Waals surface area (Å²) in [7, 11) is 0. The summed E-state index contributed by atoms with van der Waals surface area (Å²) >= 11 is 1.38. The van der Waals surface area contributed by atoms with Crippen LogP contribution in [-0.4, -0.2) is 11.7 Å². The second-order valence-electron chi connectivity index (χ2n) is 3.60. The number of ether oxygens (including phenoxy) is 1. The number of rotatable bonds is 3. The highest BCUT2D eigenvalue weighted by atomic mass is 32.1. The quantitative estimate of drug-likeness (QED) is 0.876. The zero-order valence-corrected chi connectivity index (χ0v) is 10.6. The molecule has 98 valence electrons. The number of para-hydroxylation sites is 1. The van der Waals surface area contributed by atoms with Crippen LogP contribution in [0.15, 0.2) is 29.6 Å². The number of aliphatic hydroxyl groups excluding tert-OH is 1. The van der Waals surface area contributed by atoms with Crippen molar-refractivity contribution in [1.82, 2.24) is 0 Å². The van der Waals surface area contributed by atoms with E-state index in [-0.39, 0.29) is 19.0 Å². The Hall–Kier alpha value is -1.90. The summed E-state index contributed by atoms with van der Waals surface area (Å²) < 4.78 is 31.8. The SMILES string of the molecule is OCC#Cc1csc(COc2c(F)cccc2F)c1. The van der Waals surface area contributed by atoms with Gasteiger partial charge in [0.15, 0.2) is 17.4 Å². The second kappa shape index (κ2) is 6.32. The zero-order valence-electron chi connectivity index (χ0n) is 9.82. The molecular weight excluding hydrogens is 270 g/mol. The van der Waals surface area contributed by atoms with Crippen LogP contribution in [0.2, 0.25) is 0 Å². The fraction of sp³-hybridized carbons (Fsp3) is 0.143. The molecule has 2 nitrogen and oxygen atoms in total. The van der Waals surface area contributed by atoms with Crippen molar-refractivity contribution in [2.75, 3.05) is 6.61 Å². The lowest BCUT2D eigenvalue weighted by Crippen LogP contribution is -1.98. The van der Waals surface area contributed by atoms with E-state index < -0.39 is 11.6 Å². The molecule has 19 heavy (non-hydrogen) atoms. The van der Waals surface area contributed by atoms with Gasteiger partial charge in [0.1, 0.15) is 13.2 Å². The topological polar surface area (TPSA) is 29.5 Å². The third-order valence-corrected chi connectivity index (χ3v) is 3.15. The molecular formula is C14H10F2O2S. The molecule has 0 spiro atoms. The molecule has 0 fully saturated rings. The summed E-state index contributed by atoms with van der Waals surface area (Å²) in [6, 6.07) is 5.33. The highest BCUT2D eigenvalue weighted by Gasteiger charge is 2.10. The van der Waals surface area contributed by atoms with Crippen LogP contribution in [0.25, 0.3) is 0 Å². The van der Waals surface area contributed by atoms with Crippen LogP contribution in [0, 0.1) is 23.5 Å². The van der Waals surface area contributed by atoms with Gasteiger partial charge in [-0.15, -0.1) is 11.3 Å². The Labute approximate surface area is 113 Å². The van der Waals surface area contributed by atoms with E-state index in [9.17, 15) is 8.78 Å². The predicted octanol–water partition coefficient (Wildman–Crippen LogP) is 2.95. The van der Waals surface area contributed by atoms with Crippen LogP contribution < -0.4 is 4.74 Å². The summed E-state index contributed by atoms with van der Waals surface area (Å²) in [6.07, 6.45) is 0. The Morgan fingerprint density at radius 1 is 1.26 bits per heavy atom. The van der Waals surface area contributed by atoms with Gasteiger partial charge in [0.05, 0.1) is 0 Å². The van der Waals surface area contributed by atoms with Crippen molar-refractivity contribution in [3.63, 3.8) is 0 Å². The van der Waals surface area contributed by atoms with Crippen molar-refractivity contribution in [3.8, 4) is 17.6 Å². The Bertz CT molecular complexity index is 606. The molecule has 0 amide bonds. The molecule has 0 aliphatic carbocycles. The molecule has 2 aromatic rings. The molecule has 0 aliphatic heterocycles. The molecule has 0 unspecified atom stereocenters. The van der Waals surface area contributed by atoms with Gasteiger partial charge in [-0.2, -0.15) is 0 Å². The highest BCUT2D eigenvalue weighted by molar-refractivity contribution is 7.10. The van der Waals surface area contributed by atoms with E-state index >= 15 is 0 Å². The van der Waals surface area contributed by atoms with Gasteiger partial charge in [-0.25, -0.2) is 8.78 Å². The average molecular weight is 280 g/mol. The molecule has 0 saturated heterocycles. The minimum atomic E-state index is -0.725. The normalized spacial score (nSPS) is 9.84. The first kappa shape index (κ1) is 13.5. The smallest absolute Gasteiger partial charge is 0.191 e. The largest absolute Gasteiger partial charge is 0.482 e. The molecule has 0 radical (unpaired) electrons. The summed E-state index contributed by atoms with van der Waals surface area (Å²) in [5, 5.41) is 10.4. The van der Waals surface area contributed by atoms with E-state index in [1.807, 2.05) is 0 Å². The molecule has 5 heteroatoms. The minimum Gasteiger partial charge on any atom is -0.482 e. The standard InChI is InChI=1S/C14H10F2O2S/c15-12-4-1-5-13(16)14(12)18-8-11-7-10(9-19-11)3-2-6-17/h1,4-5,7,9,17H,6,8H2. The van der Waals surface area contributed by atoms with Gasteiger partial charge in [-0.1, -0.05) is 17.9 Å². The molecule has 0 aliphatic rings. The maximum absolute atomic E-state index is 13.3. The van der Waals surface area contributed by atoms with Crippen LogP contribution in [0.3, 0.4) is 0 Å². The first-order valence-corrected chi connectivity index (χ1v) is 6.32. The van der Waals surface area contributed by atoms with Gasteiger partial charge in [0.2, 0.25) is 0 Å². The van der Waals surface area contributed by atoms with Gasteiger partial charge in [-0.3, -0.25) is 0 Å². The minimum absolute atomic E-state index is 0.0727. The molecule has 1 aromatic heterocycles. The van der Waals surface area contributed by atoms with Crippen molar-refractivity contribution in [2.45, 2.75) is 6.61 Å². The number of aliphatic hydroxyl groups is 1. The average Bonchev–Trinajstić information content (AvgIpc) is 2.84. The number of hydrogen-bond donors (Lipinski definition) is 1. The van der Waals surface area contributed by atoms with Crippen molar-refractivity contribution in [3.05, 3.63) is 51.7 Å². The Morgan fingerprint density at radius 3 is 2.68 bits per heavy atom. The number of benzene rings is 1. The third kappa shape index (κ3) is 3.53. The summed E-state index contributed by atoms with van der Waals surface area (Å²) in [5.74, 6) is 3.44. The lowest BCUT2D eigenvalue weighted by molar-refractivity contribution is 0.277. The van der Waals surface area contributed by atoms with Crippen molar-refractivity contribution >= 4 is 11.3 Å². The molecule has 1 N–H and O–H groups in total. The van der Waals surface area contributed by atoms with Gasteiger partial charge < -0.3 is 9.84 Å². The highest BCUT2D eigenvalue weighted by Crippen LogP contribution is 2.23. The van der Waals surface area contributed by atoms with Crippen molar-refractivity contribution in [2.24, 2.45) is 0 Å². The van der Waals surface area contributed by atoms with Crippen molar-refractivity contribution in [1.29, 1.82) is 0 Å². The lowest BCUT2D eigenvalue weighted by atomic mass is 10.3. The van der Waals surface area contributed by atoms with Crippen LogP contribution >= 0.6 is 11.3 Å². The van der Waals surface area contributed by atoms with Gasteiger partial charge in [-0.05, 0) is 18.2 Å². The maximum atomic E-state index is 13.3. The number of thiophene rings is 1. The van der Waals surface area contributed by atoms with E-state index in [0.717, 1.165) is 22.6 Å². The molecule has 0 atom stereocenters. The van der Waals surface area contributed by atoms with Gasteiger partial charge >= 0.3 is 0 Å². The van der Waals surface area contributed by atoms with Crippen LogP contribution in [-0.2, 0) is 6.61 Å². The van der Waals surface area contributed by atoms with Crippen LogP contribution in [0.4, 0.5) is 8.78 Å². The first-order chi connectivity index (χ1) is 9.20. The van der Waals surface area contributed by atoms with E-state index in [0.29, 0.717) is 0 Å².